The lowest BCUT2D eigenvalue weighted by Crippen LogP contribution is -2.41. The number of carbonyl (C=O) groups excluding carboxylic acids is 1. The van der Waals surface area contributed by atoms with Gasteiger partial charge in [0.1, 0.15) is 0 Å². The van der Waals surface area contributed by atoms with Crippen molar-refractivity contribution in [1.29, 1.82) is 0 Å². The first-order valence-corrected chi connectivity index (χ1v) is 6.55. The minimum absolute atomic E-state index is 0.120. The molecule has 3 atom stereocenters. The molecule has 3 unspecified atom stereocenters. The zero-order valence-corrected chi connectivity index (χ0v) is 11.1. The van der Waals surface area contributed by atoms with Crippen LogP contribution in [-0.2, 0) is 14.3 Å². The van der Waals surface area contributed by atoms with Gasteiger partial charge in [0.05, 0.1) is 18.4 Å². The van der Waals surface area contributed by atoms with E-state index in [1.165, 1.54) is 0 Å². The number of carboxylic acid groups (broad SMARTS) is 1. The molecule has 0 aromatic carbocycles. The maximum Gasteiger partial charge on any atom is 0.307 e. The Bertz CT molecular complexity index is 293. The number of rotatable bonds is 6. The van der Waals surface area contributed by atoms with Crippen molar-refractivity contribution in [2.24, 2.45) is 17.8 Å². The first kappa shape index (κ1) is 15.0. The number of carbonyl (C=O) groups is 2. The zero-order chi connectivity index (χ0) is 13.5. The summed E-state index contributed by atoms with van der Waals surface area (Å²) in [5.41, 5.74) is 0. The molecule has 1 amide bonds. The van der Waals surface area contributed by atoms with E-state index in [-0.39, 0.29) is 17.7 Å². The SMILES string of the molecule is COCC(C)CNC(=O)C1CCCCC1C(=O)O. The van der Waals surface area contributed by atoms with Gasteiger partial charge in [-0.15, -0.1) is 0 Å². The summed E-state index contributed by atoms with van der Waals surface area (Å²) in [5.74, 6) is -1.61. The van der Waals surface area contributed by atoms with Gasteiger partial charge in [0.25, 0.3) is 0 Å². The first-order chi connectivity index (χ1) is 8.56. The number of carboxylic acids is 1. The summed E-state index contributed by atoms with van der Waals surface area (Å²) < 4.78 is 5.00. The molecule has 0 spiro atoms. The highest BCUT2D eigenvalue weighted by atomic mass is 16.5. The summed E-state index contributed by atoms with van der Waals surface area (Å²) in [6, 6.07) is 0. The molecule has 1 saturated carbocycles. The number of aliphatic carboxylic acids is 1. The number of hydrogen-bond acceptors (Lipinski definition) is 3. The lowest BCUT2D eigenvalue weighted by atomic mass is 9.78. The second-order valence-electron chi connectivity index (χ2n) is 5.14. The highest BCUT2D eigenvalue weighted by Gasteiger charge is 2.35. The lowest BCUT2D eigenvalue weighted by molar-refractivity contribution is -0.149. The van der Waals surface area contributed by atoms with E-state index in [1.807, 2.05) is 6.92 Å². The van der Waals surface area contributed by atoms with E-state index < -0.39 is 11.9 Å². The van der Waals surface area contributed by atoms with Crippen LogP contribution in [0, 0.1) is 17.8 Å². The molecule has 104 valence electrons. The molecule has 0 bridgehead atoms. The predicted molar refractivity (Wildman–Crippen MR) is 67.1 cm³/mol. The maximum atomic E-state index is 12.0. The highest BCUT2D eigenvalue weighted by Crippen LogP contribution is 2.30. The van der Waals surface area contributed by atoms with Gasteiger partial charge in [-0.05, 0) is 18.8 Å². The van der Waals surface area contributed by atoms with E-state index in [2.05, 4.69) is 5.32 Å². The van der Waals surface area contributed by atoms with Crippen molar-refractivity contribution >= 4 is 11.9 Å². The fraction of sp³-hybridized carbons (Fsp3) is 0.846. The van der Waals surface area contributed by atoms with Gasteiger partial charge in [-0.2, -0.15) is 0 Å². The Hall–Kier alpha value is -1.10. The van der Waals surface area contributed by atoms with Crippen molar-refractivity contribution < 1.29 is 19.4 Å². The summed E-state index contributed by atoms with van der Waals surface area (Å²) in [6.45, 7) is 3.11. The van der Waals surface area contributed by atoms with Crippen molar-refractivity contribution in [3.8, 4) is 0 Å². The van der Waals surface area contributed by atoms with Crippen LogP contribution in [0.15, 0.2) is 0 Å². The van der Waals surface area contributed by atoms with E-state index in [9.17, 15) is 9.59 Å². The molecular weight excluding hydrogens is 234 g/mol. The fourth-order valence-electron chi connectivity index (χ4n) is 2.49. The topological polar surface area (TPSA) is 75.6 Å². The third kappa shape index (κ3) is 4.29. The maximum absolute atomic E-state index is 12.0. The molecule has 18 heavy (non-hydrogen) atoms. The average Bonchev–Trinajstić information content (AvgIpc) is 2.36. The smallest absolute Gasteiger partial charge is 0.307 e. The second kappa shape index (κ2) is 7.36. The van der Waals surface area contributed by atoms with Crippen molar-refractivity contribution in [3.63, 3.8) is 0 Å². The van der Waals surface area contributed by atoms with Crippen LogP contribution in [0.1, 0.15) is 32.6 Å². The molecule has 5 nitrogen and oxygen atoms in total. The van der Waals surface area contributed by atoms with E-state index in [4.69, 9.17) is 9.84 Å². The summed E-state index contributed by atoms with van der Waals surface area (Å²) in [5, 5.41) is 12.0. The average molecular weight is 257 g/mol. The predicted octanol–water partition coefficient (Wildman–Crippen LogP) is 1.28. The number of nitrogens with one attached hydrogen (secondary N) is 1. The van der Waals surface area contributed by atoms with Crippen molar-refractivity contribution in [2.75, 3.05) is 20.3 Å². The minimum atomic E-state index is -0.847. The van der Waals surface area contributed by atoms with Crippen LogP contribution < -0.4 is 5.32 Å². The van der Waals surface area contributed by atoms with Gasteiger partial charge in [0, 0.05) is 13.7 Å². The Kier molecular flexibility index (Phi) is 6.12. The van der Waals surface area contributed by atoms with Crippen LogP contribution in [-0.4, -0.2) is 37.2 Å². The van der Waals surface area contributed by atoms with Crippen LogP contribution >= 0.6 is 0 Å². The van der Waals surface area contributed by atoms with Gasteiger partial charge >= 0.3 is 5.97 Å². The van der Waals surface area contributed by atoms with Gasteiger partial charge < -0.3 is 15.2 Å². The van der Waals surface area contributed by atoms with Crippen LogP contribution in [0.3, 0.4) is 0 Å². The molecule has 1 aliphatic rings. The number of hydrogen-bond donors (Lipinski definition) is 2. The fourth-order valence-corrected chi connectivity index (χ4v) is 2.49. The van der Waals surface area contributed by atoms with Crippen LogP contribution in [0.2, 0.25) is 0 Å². The van der Waals surface area contributed by atoms with Crippen molar-refractivity contribution in [2.45, 2.75) is 32.6 Å². The molecular formula is C13H23NO4. The molecule has 5 heteroatoms. The van der Waals surface area contributed by atoms with E-state index in [0.717, 1.165) is 12.8 Å². The van der Waals surface area contributed by atoms with Gasteiger partial charge in [-0.25, -0.2) is 0 Å². The summed E-state index contributed by atoms with van der Waals surface area (Å²) in [7, 11) is 1.62. The molecule has 0 saturated heterocycles. The largest absolute Gasteiger partial charge is 0.481 e. The Morgan fingerprint density at radius 3 is 2.50 bits per heavy atom. The first-order valence-electron chi connectivity index (χ1n) is 6.55. The molecule has 0 aromatic heterocycles. The van der Waals surface area contributed by atoms with Gasteiger partial charge in [0.2, 0.25) is 5.91 Å². The lowest BCUT2D eigenvalue weighted by Gasteiger charge is -2.27. The Labute approximate surface area is 108 Å². The monoisotopic (exact) mass is 257 g/mol. The molecule has 0 aliphatic heterocycles. The van der Waals surface area contributed by atoms with Gasteiger partial charge in [0.15, 0.2) is 0 Å². The van der Waals surface area contributed by atoms with E-state index >= 15 is 0 Å². The van der Waals surface area contributed by atoms with Crippen molar-refractivity contribution in [3.05, 3.63) is 0 Å². The normalized spacial score (nSPS) is 25.4. The summed E-state index contributed by atoms with van der Waals surface area (Å²) >= 11 is 0. The Morgan fingerprint density at radius 2 is 1.94 bits per heavy atom. The molecule has 1 fully saturated rings. The molecule has 0 aromatic rings. The molecule has 1 aliphatic carbocycles. The molecule has 0 radical (unpaired) electrons. The minimum Gasteiger partial charge on any atom is -0.481 e. The van der Waals surface area contributed by atoms with E-state index in [1.54, 1.807) is 7.11 Å². The van der Waals surface area contributed by atoms with E-state index in [0.29, 0.717) is 26.0 Å². The number of ether oxygens (including phenoxy) is 1. The Morgan fingerprint density at radius 1 is 1.33 bits per heavy atom. The molecule has 0 heterocycles. The summed E-state index contributed by atoms with van der Waals surface area (Å²) in [4.78, 5) is 23.1. The van der Waals surface area contributed by atoms with Crippen LogP contribution in [0.25, 0.3) is 0 Å². The summed E-state index contributed by atoms with van der Waals surface area (Å²) in [6.07, 6.45) is 3.14. The third-order valence-electron chi connectivity index (χ3n) is 3.50. The highest BCUT2D eigenvalue weighted by molar-refractivity contribution is 5.84. The second-order valence-corrected chi connectivity index (χ2v) is 5.14. The Balaban J connectivity index is 2.45. The van der Waals surface area contributed by atoms with Crippen LogP contribution in [0.5, 0.6) is 0 Å². The molecule has 1 rings (SSSR count). The van der Waals surface area contributed by atoms with Gasteiger partial charge in [-0.1, -0.05) is 19.8 Å². The number of amides is 1. The molecule has 2 N–H and O–H groups in total. The van der Waals surface area contributed by atoms with Gasteiger partial charge in [-0.3, -0.25) is 9.59 Å². The third-order valence-corrected chi connectivity index (χ3v) is 3.50. The number of methoxy groups -OCH3 is 1. The quantitative estimate of drug-likeness (QED) is 0.751. The zero-order valence-electron chi connectivity index (χ0n) is 11.1. The van der Waals surface area contributed by atoms with Crippen molar-refractivity contribution in [1.82, 2.24) is 5.32 Å². The van der Waals surface area contributed by atoms with Crippen LogP contribution in [0.4, 0.5) is 0 Å². The standard InChI is InChI=1S/C13H23NO4/c1-9(8-18-2)7-14-12(15)10-5-3-4-6-11(10)13(16)17/h9-11H,3-8H2,1-2H3,(H,14,15)(H,16,17).